The summed E-state index contributed by atoms with van der Waals surface area (Å²) in [6.07, 6.45) is 1.85. The molecule has 0 spiro atoms. The Hall–Kier alpha value is -2.50. The topological polar surface area (TPSA) is 72.3 Å². The number of benzene rings is 1. The number of para-hydroxylation sites is 2. The van der Waals surface area contributed by atoms with E-state index in [1.54, 1.807) is 18.4 Å². The van der Waals surface area contributed by atoms with Crippen molar-refractivity contribution in [3.63, 3.8) is 0 Å². The summed E-state index contributed by atoms with van der Waals surface area (Å²) in [4.78, 5) is 45.2. The van der Waals surface area contributed by atoms with Gasteiger partial charge in [-0.05, 0) is 31.4 Å². The normalized spacial score (nSPS) is 17.5. The first-order valence-corrected chi connectivity index (χ1v) is 10.1. The number of nitrogens with zero attached hydrogens (tertiary/aromatic N) is 3. The molecule has 1 saturated heterocycles. The molecule has 1 unspecified atom stereocenters. The monoisotopic (exact) mass is 383 g/mol. The number of aromatic nitrogens is 2. The first-order chi connectivity index (χ1) is 13.2. The summed E-state index contributed by atoms with van der Waals surface area (Å²) in [6.45, 7) is 9.88. The molecule has 3 rings (SSSR count). The number of carbonyl (C=O) groups excluding carboxylic acids is 3. The van der Waals surface area contributed by atoms with Crippen molar-refractivity contribution in [2.45, 2.75) is 65.8 Å². The molecule has 1 aliphatic heterocycles. The van der Waals surface area contributed by atoms with Gasteiger partial charge in [-0.15, -0.1) is 0 Å². The number of fused-ring (bicyclic) bond motifs is 1. The molecule has 6 heteroatoms. The number of ketones is 1. The minimum atomic E-state index is -0.724. The number of hydrogen-bond acceptors (Lipinski definition) is 4. The van der Waals surface area contributed by atoms with Crippen LogP contribution in [0.5, 0.6) is 0 Å². The van der Waals surface area contributed by atoms with Crippen molar-refractivity contribution < 1.29 is 14.4 Å². The first-order valence-electron chi connectivity index (χ1n) is 10.1. The van der Waals surface area contributed by atoms with Gasteiger partial charge in [0.2, 0.25) is 5.78 Å². The van der Waals surface area contributed by atoms with Crippen LogP contribution in [-0.2, 0) is 9.59 Å². The maximum absolute atomic E-state index is 13.5. The molecule has 0 aliphatic carbocycles. The van der Waals surface area contributed by atoms with Gasteiger partial charge in [-0.1, -0.05) is 46.8 Å². The number of imidazole rings is 1. The fraction of sp³-hybridized carbons (Fsp3) is 0.545. The number of carbonyl (C=O) groups is 3. The highest BCUT2D eigenvalue weighted by molar-refractivity contribution is 6.38. The van der Waals surface area contributed by atoms with Crippen molar-refractivity contribution in [2.75, 3.05) is 6.54 Å². The summed E-state index contributed by atoms with van der Waals surface area (Å²) in [6, 6.07) is 6.90. The van der Waals surface area contributed by atoms with Crippen LogP contribution < -0.4 is 0 Å². The molecule has 1 aromatic heterocycles. The smallest absolute Gasteiger partial charge is 0.291 e. The van der Waals surface area contributed by atoms with E-state index in [1.807, 2.05) is 45.0 Å². The van der Waals surface area contributed by atoms with Crippen LogP contribution in [-0.4, -0.2) is 44.6 Å². The quantitative estimate of drug-likeness (QED) is 0.736. The van der Waals surface area contributed by atoms with Crippen LogP contribution in [0.25, 0.3) is 11.0 Å². The van der Waals surface area contributed by atoms with E-state index in [9.17, 15) is 14.4 Å². The third kappa shape index (κ3) is 3.36. The lowest BCUT2D eigenvalue weighted by Crippen LogP contribution is -2.48. The SMILES string of the molecule is CCC(C)(C)C(=O)C(=O)N1CCCC1C(=O)n1c(C(C)C)nc2ccccc21. The summed E-state index contributed by atoms with van der Waals surface area (Å²) in [5.41, 5.74) is 0.784. The minimum Gasteiger partial charge on any atom is -0.324 e. The summed E-state index contributed by atoms with van der Waals surface area (Å²) in [7, 11) is 0. The molecule has 0 N–H and O–H groups in total. The van der Waals surface area contributed by atoms with E-state index >= 15 is 0 Å². The van der Waals surface area contributed by atoms with Crippen LogP contribution in [0.3, 0.4) is 0 Å². The molecule has 28 heavy (non-hydrogen) atoms. The Balaban J connectivity index is 1.99. The highest BCUT2D eigenvalue weighted by atomic mass is 16.2. The predicted octanol–water partition coefficient (Wildman–Crippen LogP) is 3.80. The molecular weight excluding hydrogens is 354 g/mol. The fourth-order valence-electron chi connectivity index (χ4n) is 3.66. The van der Waals surface area contributed by atoms with Crippen LogP contribution in [0.1, 0.15) is 70.4 Å². The van der Waals surface area contributed by atoms with E-state index in [0.717, 1.165) is 11.0 Å². The summed E-state index contributed by atoms with van der Waals surface area (Å²) in [5, 5.41) is 0. The lowest BCUT2D eigenvalue weighted by molar-refractivity contribution is -0.149. The average molecular weight is 383 g/mol. The Morgan fingerprint density at radius 2 is 1.89 bits per heavy atom. The van der Waals surface area contributed by atoms with Crippen molar-refractivity contribution in [3.05, 3.63) is 30.1 Å². The molecule has 0 bridgehead atoms. The van der Waals surface area contributed by atoms with Crippen LogP contribution >= 0.6 is 0 Å². The third-order valence-electron chi connectivity index (χ3n) is 5.82. The molecule has 1 amide bonds. The summed E-state index contributed by atoms with van der Waals surface area (Å²) >= 11 is 0. The third-order valence-corrected chi connectivity index (χ3v) is 5.82. The zero-order valence-electron chi connectivity index (χ0n) is 17.4. The number of amides is 1. The van der Waals surface area contributed by atoms with Gasteiger partial charge < -0.3 is 4.90 Å². The van der Waals surface area contributed by atoms with Gasteiger partial charge >= 0.3 is 0 Å². The molecule has 2 heterocycles. The molecule has 150 valence electrons. The van der Waals surface area contributed by atoms with Gasteiger partial charge in [-0.3, -0.25) is 19.0 Å². The lowest BCUT2D eigenvalue weighted by Gasteiger charge is -2.28. The Morgan fingerprint density at radius 3 is 2.54 bits per heavy atom. The van der Waals surface area contributed by atoms with Crippen LogP contribution in [0.4, 0.5) is 0 Å². The second-order valence-electron chi connectivity index (χ2n) is 8.51. The van der Waals surface area contributed by atoms with Gasteiger partial charge in [0.15, 0.2) is 0 Å². The largest absolute Gasteiger partial charge is 0.324 e. The number of likely N-dealkylation sites (tertiary alicyclic amines) is 1. The van der Waals surface area contributed by atoms with Crippen molar-refractivity contribution in [2.24, 2.45) is 5.41 Å². The maximum Gasteiger partial charge on any atom is 0.291 e. The van der Waals surface area contributed by atoms with E-state index in [1.165, 1.54) is 4.90 Å². The van der Waals surface area contributed by atoms with Crippen LogP contribution in [0.2, 0.25) is 0 Å². The molecule has 6 nitrogen and oxygen atoms in total. The maximum atomic E-state index is 13.5. The van der Waals surface area contributed by atoms with E-state index < -0.39 is 23.1 Å². The average Bonchev–Trinajstić information content (AvgIpc) is 3.31. The van der Waals surface area contributed by atoms with Crippen molar-refractivity contribution in [3.8, 4) is 0 Å². The fourth-order valence-corrected chi connectivity index (χ4v) is 3.66. The Bertz CT molecular complexity index is 926. The molecule has 1 aromatic carbocycles. The van der Waals surface area contributed by atoms with Gasteiger partial charge in [0.05, 0.1) is 11.0 Å². The molecule has 1 atom stereocenters. The van der Waals surface area contributed by atoms with E-state index in [2.05, 4.69) is 4.98 Å². The molecule has 1 aliphatic rings. The second kappa shape index (κ2) is 7.49. The zero-order valence-corrected chi connectivity index (χ0v) is 17.4. The molecular formula is C22H29N3O3. The van der Waals surface area contributed by atoms with Gasteiger partial charge in [0.25, 0.3) is 11.8 Å². The Morgan fingerprint density at radius 1 is 1.21 bits per heavy atom. The summed E-state index contributed by atoms with van der Waals surface area (Å²) in [5.74, 6) is -0.397. The number of rotatable bonds is 5. The van der Waals surface area contributed by atoms with E-state index in [-0.39, 0.29) is 11.8 Å². The number of Topliss-reactive ketones (excluding diaryl/α,β-unsaturated/α-hetero) is 1. The Labute approximate surface area is 165 Å². The van der Waals surface area contributed by atoms with Crippen molar-refractivity contribution >= 4 is 28.6 Å². The van der Waals surface area contributed by atoms with Crippen LogP contribution in [0.15, 0.2) is 24.3 Å². The van der Waals surface area contributed by atoms with Crippen molar-refractivity contribution in [1.82, 2.24) is 14.5 Å². The lowest BCUT2D eigenvalue weighted by atomic mass is 9.84. The molecule has 0 radical (unpaired) electrons. The predicted molar refractivity (Wildman–Crippen MR) is 108 cm³/mol. The standard InChI is InChI=1S/C22H29N3O3/c1-6-22(4,5)18(26)21(28)24-13-9-12-17(24)20(27)25-16-11-8-7-10-15(16)23-19(25)14(2)3/h7-8,10-11,14,17H,6,9,12-13H2,1-5H3. The highest BCUT2D eigenvalue weighted by Gasteiger charge is 2.42. The summed E-state index contributed by atoms with van der Waals surface area (Å²) < 4.78 is 1.64. The number of hydrogen-bond donors (Lipinski definition) is 0. The minimum absolute atomic E-state index is 0.0579. The van der Waals surface area contributed by atoms with Crippen LogP contribution in [0, 0.1) is 5.41 Å². The highest BCUT2D eigenvalue weighted by Crippen LogP contribution is 2.28. The van der Waals surface area contributed by atoms with E-state index in [4.69, 9.17) is 0 Å². The van der Waals surface area contributed by atoms with E-state index in [0.29, 0.717) is 31.6 Å². The van der Waals surface area contributed by atoms with Crippen molar-refractivity contribution in [1.29, 1.82) is 0 Å². The second-order valence-corrected chi connectivity index (χ2v) is 8.51. The molecule has 0 saturated carbocycles. The van der Waals surface area contributed by atoms with Gasteiger partial charge in [-0.2, -0.15) is 0 Å². The molecule has 2 aromatic rings. The van der Waals surface area contributed by atoms with Gasteiger partial charge in [0.1, 0.15) is 11.9 Å². The van der Waals surface area contributed by atoms with Gasteiger partial charge in [-0.25, -0.2) is 4.98 Å². The first kappa shape index (κ1) is 20.2. The van der Waals surface area contributed by atoms with Gasteiger partial charge in [0, 0.05) is 17.9 Å². The Kier molecular flexibility index (Phi) is 5.41. The zero-order chi connectivity index (χ0) is 20.6. The molecule has 1 fully saturated rings.